The Hall–Kier alpha value is -1.25. The molecule has 20 heavy (non-hydrogen) atoms. The van der Waals surface area contributed by atoms with E-state index in [1.165, 1.54) is 0 Å². The maximum atomic E-state index is 12.3. The molecule has 1 heterocycles. The fourth-order valence-electron chi connectivity index (χ4n) is 2.99. The molecule has 0 saturated heterocycles. The van der Waals surface area contributed by atoms with Gasteiger partial charge in [0.2, 0.25) is 0 Å². The first-order valence-corrected chi connectivity index (χ1v) is 7.26. The molecule has 1 aliphatic carbocycles. The van der Waals surface area contributed by atoms with Crippen molar-refractivity contribution in [2.75, 3.05) is 7.11 Å². The topological polar surface area (TPSA) is 63.0 Å². The Morgan fingerprint density at radius 2 is 2.20 bits per heavy atom. The average Bonchev–Trinajstić information content (AvgIpc) is 2.41. The van der Waals surface area contributed by atoms with E-state index >= 15 is 0 Å². The van der Waals surface area contributed by atoms with Crippen molar-refractivity contribution in [3.05, 3.63) is 28.5 Å². The quantitative estimate of drug-likeness (QED) is 0.778. The van der Waals surface area contributed by atoms with Crippen molar-refractivity contribution in [2.24, 2.45) is 11.3 Å². The lowest BCUT2D eigenvalue weighted by atomic mass is 9.63. The number of hydrogen-bond acceptors (Lipinski definition) is 4. The van der Waals surface area contributed by atoms with Crippen LogP contribution in [0.4, 0.5) is 0 Å². The SMILES string of the molecule is COC1(c2cccc(Br)n2)CC(C#N)C(=O)C(C)(C)C1. The largest absolute Gasteiger partial charge is 0.372 e. The number of ketones is 1. The van der Waals surface area contributed by atoms with Crippen LogP contribution in [0.5, 0.6) is 0 Å². The highest BCUT2D eigenvalue weighted by Crippen LogP contribution is 2.48. The van der Waals surface area contributed by atoms with Gasteiger partial charge in [0.15, 0.2) is 5.78 Å². The van der Waals surface area contributed by atoms with Crippen LogP contribution < -0.4 is 0 Å². The molecule has 4 nitrogen and oxygen atoms in total. The highest BCUT2D eigenvalue weighted by molar-refractivity contribution is 9.10. The number of nitriles is 1. The Morgan fingerprint density at radius 1 is 1.50 bits per heavy atom. The minimum absolute atomic E-state index is 0.0114. The lowest BCUT2D eigenvalue weighted by molar-refractivity contribution is -0.148. The number of ether oxygens (including phenoxy) is 1. The van der Waals surface area contributed by atoms with E-state index in [9.17, 15) is 10.1 Å². The molecule has 2 rings (SSSR count). The summed E-state index contributed by atoms with van der Waals surface area (Å²) < 4.78 is 6.47. The monoisotopic (exact) mass is 336 g/mol. The molecule has 5 heteroatoms. The summed E-state index contributed by atoms with van der Waals surface area (Å²) in [6.45, 7) is 3.73. The summed E-state index contributed by atoms with van der Waals surface area (Å²) in [5.41, 5.74) is -0.532. The molecule has 1 aromatic rings. The fraction of sp³-hybridized carbons (Fsp3) is 0.533. The maximum absolute atomic E-state index is 12.3. The van der Waals surface area contributed by atoms with Crippen molar-refractivity contribution in [1.29, 1.82) is 5.26 Å². The van der Waals surface area contributed by atoms with Gasteiger partial charge < -0.3 is 4.74 Å². The number of hydrogen-bond donors (Lipinski definition) is 0. The number of methoxy groups -OCH3 is 1. The summed E-state index contributed by atoms with van der Waals surface area (Å²) in [5.74, 6) is -0.665. The van der Waals surface area contributed by atoms with Crippen LogP contribution in [-0.4, -0.2) is 17.9 Å². The second-order valence-corrected chi connectivity index (χ2v) is 6.67. The van der Waals surface area contributed by atoms with Crippen LogP contribution in [0.25, 0.3) is 0 Å². The van der Waals surface area contributed by atoms with Crippen molar-refractivity contribution < 1.29 is 9.53 Å². The molecule has 0 amide bonds. The van der Waals surface area contributed by atoms with Crippen LogP contribution in [0.15, 0.2) is 22.8 Å². The summed E-state index contributed by atoms with van der Waals surface area (Å²) in [6.07, 6.45) is 0.878. The Balaban J connectivity index is 2.51. The molecule has 2 atom stereocenters. The summed E-state index contributed by atoms with van der Waals surface area (Å²) in [4.78, 5) is 16.7. The third-order valence-electron chi connectivity index (χ3n) is 3.97. The van der Waals surface area contributed by atoms with E-state index in [4.69, 9.17) is 4.74 Å². The third kappa shape index (κ3) is 2.50. The zero-order valence-corrected chi connectivity index (χ0v) is 13.4. The van der Waals surface area contributed by atoms with Crippen molar-refractivity contribution in [3.63, 3.8) is 0 Å². The molecule has 0 spiro atoms. The van der Waals surface area contributed by atoms with Gasteiger partial charge in [0.25, 0.3) is 0 Å². The minimum atomic E-state index is -0.693. The molecule has 2 unspecified atom stereocenters. The smallest absolute Gasteiger partial charge is 0.155 e. The Morgan fingerprint density at radius 3 is 2.75 bits per heavy atom. The fourth-order valence-corrected chi connectivity index (χ4v) is 3.33. The summed E-state index contributed by atoms with van der Waals surface area (Å²) in [5, 5.41) is 9.27. The van der Waals surface area contributed by atoms with Gasteiger partial charge in [-0.2, -0.15) is 5.26 Å². The van der Waals surface area contributed by atoms with Gasteiger partial charge in [-0.05, 0) is 34.5 Å². The maximum Gasteiger partial charge on any atom is 0.155 e. The molecule has 1 fully saturated rings. The van der Waals surface area contributed by atoms with Gasteiger partial charge in [-0.1, -0.05) is 19.9 Å². The molecule has 0 aromatic carbocycles. The first-order valence-electron chi connectivity index (χ1n) is 6.47. The van der Waals surface area contributed by atoms with E-state index < -0.39 is 16.9 Å². The van der Waals surface area contributed by atoms with Crippen LogP contribution in [0.1, 0.15) is 32.4 Å². The van der Waals surface area contributed by atoms with Gasteiger partial charge in [0.05, 0.1) is 11.8 Å². The van der Waals surface area contributed by atoms with Gasteiger partial charge >= 0.3 is 0 Å². The summed E-state index contributed by atoms with van der Waals surface area (Å²) in [6, 6.07) is 7.73. The molecular formula is C15H17BrN2O2. The van der Waals surface area contributed by atoms with Crippen LogP contribution in [0.2, 0.25) is 0 Å². The van der Waals surface area contributed by atoms with E-state index in [1.54, 1.807) is 7.11 Å². The van der Waals surface area contributed by atoms with Gasteiger partial charge in [-0.3, -0.25) is 4.79 Å². The van der Waals surface area contributed by atoms with Gasteiger partial charge in [0, 0.05) is 18.9 Å². The molecule has 0 bridgehead atoms. The Bertz CT molecular complexity index is 579. The lowest BCUT2D eigenvalue weighted by Gasteiger charge is -2.44. The molecule has 1 aromatic heterocycles. The van der Waals surface area contributed by atoms with Crippen LogP contribution in [0.3, 0.4) is 0 Å². The van der Waals surface area contributed by atoms with Gasteiger partial charge in [-0.15, -0.1) is 0 Å². The second-order valence-electron chi connectivity index (χ2n) is 5.85. The van der Waals surface area contributed by atoms with Crippen LogP contribution >= 0.6 is 15.9 Å². The molecule has 0 aliphatic heterocycles. The first-order chi connectivity index (χ1) is 9.34. The Labute approximate surface area is 127 Å². The highest BCUT2D eigenvalue weighted by atomic mass is 79.9. The number of halogens is 1. The zero-order chi connectivity index (χ0) is 15.0. The first kappa shape index (κ1) is 15.1. The van der Waals surface area contributed by atoms with E-state index in [2.05, 4.69) is 27.0 Å². The molecule has 0 radical (unpaired) electrons. The molecule has 106 valence electrons. The number of carbonyl (C=O) groups is 1. The standard InChI is InChI=1S/C15H17BrN2O2/c1-14(2)9-15(20-3,7-10(8-17)13(14)19)11-5-4-6-12(16)18-11/h4-6,10H,7,9H2,1-3H3. The van der Waals surface area contributed by atoms with Gasteiger partial charge in [0.1, 0.15) is 16.1 Å². The number of aromatic nitrogens is 1. The predicted octanol–water partition coefficient (Wildman–Crippen LogP) is 3.21. The normalized spacial score (nSPS) is 28.9. The van der Waals surface area contributed by atoms with Gasteiger partial charge in [-0.25, -0.2) is 4.98 Å². The summed E-state index contributed by atoms with van der Waals surface area (Å²) in [7, 11) is 1.61. The van der Waals surface area contributed by atoms with Crippen molar-refractivity contribution in [2.45, 2.75) is 32.3 Å². The number of nitrogens with zero attached hydrogens (tertiary/aromatic N) is 2. The molecule has 1 aliphatic rings. The predicted molar refractivity (Wildman–Crippen MR) is 77.7 cm³/mol. The van der Waals surface area contributed by atoms with E-state index in [-0.39, 0.29) is 5.78 Å². The number of carbonyl (C=O) groups excluding carboxylic acids is 1. The average molecular weight is 337 g/mol. The zero-order valence-electron chi connectivity index (χ0n) is 11.8. The molecule has 0 N–H and O–H groups in total. The minimum Gasteiger partial charge on any atom is -0.372 e. The van der Waals surface area contributed by atoms with Crippen LogP contribution in [-0.2, 0) is 15.1 Å². The number of pyridine rings is 1. The van der Waals surface area contributed by atoms with Crippen molar-refractivity contribution in [1.82, 2.24) is 4.98 Å². The van der Waals surface area contributed by atoms with Crippen molar-refractivity contribution in [3.8, 4) is 6.07 Å². The van der Waals surface area contributed by atoms with Crippen molar-refractivity contribution >= 4 is 21.7 Å². The lowest BCUT2D eigenvalue weighted by Crippen LogP contribution is -2.48. The molecular weight excluding hydrogens is 320 g/mol. The highest BCUT2D eigenvalue weighted by Gasteiger charge is 2.51. The third-order valence-corrected chi connectivity index (χ3v) is 4.42. The summed E-state index contributed by atoms with van der Waals surface area (Å²) >= 11 is 3.36. The van der Waals surface area contributed by atoms with Crippen LogP contribution in [0, 0.1) is 22.7 Å². The van der Waals surface area contributed by atoms with E-state index in [1.807, 2.05) is 32.0 Å². The number of Topliss-reactive ketones (excluding diaryl/α,β-unsaturated/α-hetero) is 1. The second kappa shape index (κ2) is 5.27. The Kier molecular flexibility index (Phi) is 3.99. The van der Waals surface area contributed by atoms with E-state index in [0.717, 1.165) is 10.3 Å². The molecule has 1 saturated carbocycles. The van der Waals surface area contributed by atoms with E-state index in [0.29, 0.717) is 12.8 Å². The number of rotatable bonds is 2.